The van der Waals surface area contributed by atoms with Crippen LogP contribution in [0.4, 0.5) is 0 Å². The largest absolute Gasteiger partial charge is 0.353 e. The van der Waals surface area contributed by atoms with Gasteiger partial charge in [0.25, 0.3) is 5.91 Å². The molecule has 2 N–H and O–H groups in total. The van der Waals surface area contributed by atoms with Crippen LogP contribution in [0.1, 0.15) is 49.9 Å². The fourth-order valence-corrected chi connectivity index (χ4v) is 3.18. The molecule has 0 bridgehead atoms. The molecule has 23 heavy (non-hydrogen) atoms. The summed E-state index contributed by atoms with van der Waals surface area (Å²) in [4.78, 5) is 24.0. The summed E-state index contributed by atoms with van der Waals surface area (Å²) >= 11 is 5.79. The van der Waals surface area contributed by atoms with Crippen LogP contribution in [0.5, 0.6) is 0 Å². The van der Waals surface area contributed by atoms with Crippen molar-refractivity contribution < 1.29 is 9.59 Å². The van der Waals surface area contributed by atoms with E-state index in [2.05, 4.69) is 24.5 Å². The summed E-state index contributed by atoms with van der Waals surface area (Å²) in [7, 11) is 0. The second-order valence-corrected chi connectivity index (χ2v) is 6.89. The van der Waals surface area contributed by atoms with Gasteiger partial charge < -0.3 is 10.6 Å². The van der Waals surface area contributed by atoms with E-state index >= 15 is 0 Å². The summed E-state index contributed by atoms with van der Waals surface area (Å²) in [6, 6.07) is 6.95. The molecule has 2 rings (SSSR count). The van der Waals surface area contributed by atoms with E-state index in [1.165, 1.54) is 12.8 Å². The van der Waals surface area contributed by atoms with Gasteiger partial charge in [0.1, 0.15) is 0 Å². The van der Waals surface area contributed by atoms with Gasteiger partial charge in [0.15, 0.2) is 0 Å². The Hall–Kier alpha value is -1.55. The number of halogens is 1. The zero-order valence-corrected chi connectivity index (χ0v) is 14.5. The second kappa shape index (κ2) is 8.34. The topological polar surface area (TPSA) is 58.2 Å². The number of rotatable bonds is 5. The SMILES string of the molecule is C[C@@H]1[C@@H](C)CCC[C@H]1NC(=O)CCNC(=O)c1ccc(Cl)cc1. The van der Waals surface area contributed by atoms with Crippen LogP contribution in [0.15, 0.2) is 24.3 Å². The van der Waals surface area contributed by atoms with Crippen LogP contribution in [-0.4, -0.2) is 24.4 Å². The van der Waals surface area contributed by atoms with Crippen LogP contribution in [0.25, 0.3) is 0 Å². The van der Waals surface area contributed by atoms with Crippen molar-refractivity contribution in [2.75, 3.05) is 6.54 Å². The highest BCUT2D eigenvalue weighted by Gasteiger charge is 2.27. The summed E-state index contributed by atoms with van der Waals surface area (Å²) in [5, 5.41) is 6.47. The van der Waals surface area contributed by atoms with E-state index in [4.69, 9.17) is 11.6 Å². The molecular weight excluding hydrogens is 312 g/mol. The standard InChI is InChI=1S/C18H25ClN2O2/c1-12-4-3-5-16(13(12)2)21-17(22)10-11-20-18(23)14-6-8-15(19)9-7-14/h6-9,12-13,16H,3-5,10-11H2,1-2H3,(H,20,23)(H,21,22)/t12-,13+,16+/m0/s1. The minimum atomic E-state index is -0.186. The van der Waals surface area contributed by atoms with Gasteiger partial charge in [0.05, 0.1) is 0 Å². The van der Waals surface area contributed by atoms with Gasteiger partial charge in [-0.05, 0) is 42.5 Å². The normalized spacial score (nSPS) is 24.0. The lowest BCUT2D eigenvalue weighted by molar-refractivity contribution is -0.122. The van der Waals surface area contributed by atoms with Crippen molar-refractivity contribution >= 4 is 23.4 Å². The van der Waals surface area contributed by atoms with Crippen LogP contribution in [-0.2, 0) is 4.79 Å². The molecule has 3 atom stereocenters. The van der Waals surface area contributed by atoms with E-state index in [0.717, 1.165) is 6.42 Å². The lowest BCUT2D eigenvalue weighted by Crippen LogP contribution is -2.44. The Morgan fingerprint density at radius 2 is 1.87 bits per heavy atom. The fourth-order valence-electron chi connectivity index (χ4n) is 3.06. The molecule has 0 saturated heterocycles. The van der Waals surface area contributed by atoms with Gasteiger partial charge in [-0.1, -0.05) is 38.3 Å². The Balaban J connectivity index is 1.72. The third kappa shape index (κ3) is 5.24. The van der Waals surface area contributed by atoms with Crippen LogP contribution in [0, 0.1) is 11.8 Å². The average molecular weight is 337 g/mol. The summed E-state index contributed by atoms with van der Waals surface area (Å²) in [6.45, 7) is 4.79. The van der Waals surface area contributed by atoms with Gasteiger partial charge in [-0.15, -0.1) is 0 Å². The first-order valence-electron chi connectivity index (χ1n) is 8.30. The number of carbonyl (C=O) groups excluding carboxylic acids is 2. The molecule has 2 amide bonds. The Morgan fingerprint density at radius 1 is 1.17 bits per heavy atom. The van der Waals surface area contributed by atoms with E-state index < -0.39 is 0 Å². The van der Waals surface area contributed by atoms with Gasteiger partial charge in [0.2, 0.25) is 5.91 Å². The van der Waals surface area contributed by atoms with E-state index in [0.29, 0.717) is 35.4 Å². The number of carbonyl (C=O) groups is 2. The molecule has 0 radical (unpaired) electrons. The van der Waals surface area contributed by atoms with Crippen LogP contribution < -0.4 is 10.6 Å². The van der Waals surface area contributed by atoms with Crippen molar-refractivity contribution in [1.29, 1.82) is 0 Å². The van der Waals surface area contributed by atoms with Gasteiger partial charge in [0, 0.05) is 29.6 Å². The highest BCUT2D eigenvalue weighted by Crippen LogP contribution is 2.29. The Kier molecular flexibility index (Phi) is 6.46. The number of nitrogens with one attached hydrogen (secondary N) is 2. The molecule has 0 aromatic heterocycles. The van der Waals surface area contributed by atoms with Crippen LogP contribution in [0.2, 0.25) is 5.02 Å². The zero-order valence-electron chi connectivity index (χ0n) is 13.8. The molecular formula is C18H25ClN2O2. The van der Waals surface area contributed by atoms with E-state index in [1.54, 1.807) is 24.3 Å². The molecule has 1 fully saturated rings. The van der Waals surface area contributed by atoms with Crippen molar-refractivity contribution in [2.45, 2.75) is 45.6 Å². The third-order valence-electron chi connectivity index (χ3n) is 4.80. The fraction of sp³-hybridized carbons (Fsp3) is 0.556. The molecule has 1 aromatic carbocycles. The third-order valence-corrected chi connectivity index (χ3v) is 5.05. The molecule has 0 aliphatic heterocycles. The number of amides is 2. The average Bonchev–Trinajstić information content (AvgIpc) is 2.52. The first-order chi connectivity index (χ1) is 11.0. The van der Waals surface area contributed by atoms with Crippen LogP contribution >= 0.6 is 11.6 Å². The predicted octanol–water partition coefficient (Wildman–Crippen LogP) is 3.40. The van der Waals surface area contributed by atoms with Gasteiger partial charge in [-0.25, -0.2) is 0 Å². The summed E-state index contributed by atoms with van der Waals surface area (Å²) in [6.07, 6.45) is 3.76. The first kappa shape index (κ1) is 17.8. The molecule has 0 spiro atoms. The number of hydrogen-bond acceptors (Lipinski definition) is 2. The van der Waals surface area contributed by atoms with Crippen molar-refractivity contribution in [3.05, 3.63) is 34.9 Å². The molecule has 126 valence electrons. The van der Waals surface area contributed by atoms with Gasteiger partial charge in [-0.2, -0.15) is 0 Å². The molecule has 5 heteroatoms. The van der Waals surface area contributed by atoms with Crippen molar-refractivity contribution in [1.82, 2.24) is 10.6 Å². The molecule has 0 heterocycles. The highest BCUT2D eigenvalue weighted by atomic mass is 35.5. The van der Waals surface area contributed by atoms with E-state index in [-0.39, 0.29) is 17.9 Å². The lowest BCUT2D eigenvalue weighted by Gasteiger charge is -2.34. The maximum Gasteiger partial charge on any atom is 0.251 e. The summed E-state index contributed by atoms with van der Waals surface area (Å²) < 4.78 is 0. The first-order valence-corrected chi connectivity index (χ1v) is 8.68. The Labute approximate surface area is 143 Å². The molecule has 0 unspecified atom stereocenters. The maximum atomic E-state index is 12.0. The quantitative estimate of drug-likeness (QED) is 0.865. The van der Waals surface area contributed by atoms with Gasteiger partial charge in [-0.3, -0.25) is 9.59 Å². The molecule has 4 nitrogen and oxygen atoms in total. The zero-order chi connectivity index (χ0) is 16.8. The smallest absolute Gasteiger partial charge is 0.251 e. The van der Waals surface area contributed by atoms with Crippen molar-refractivity contribution in [3.63, 3.8) is 0 Å². The summed E-state index contributed by atoms with van der Waals surface area (Å²) in [5.41, 5.74) is 0.546. The maximum absolute atomic E-state index is 12.0. The van der Waals surface area contributed by atoms with E-state index in [9.17, 15) is 9.59 Å². The van der Waals surface area contributed by atoms with E-state index in [1.807, 2.05) is 0 Å². The second-order valence-electron chi connectivity index (χ2n) is 6.45. The van der Waals surface area contributed by atoms with Crippen molar-refractivity contribution in [2.24, 2.45) is 11.8 Å². The predicted molar refractivity (Wildman–Crippen MR) is 92.5 cm³/mol. The van der Waals surface area contributed by atoms with Gasteiger partial charge >= 0.3 is 0 Å². The molecule has 1 aliphatic rings. The van der Waals surface area contributed by atoms with Crippen molar-refractivity contribution in [3.8, 4) is 0 Å². The highest BCUT2D eigenvalue weighted by molar-refractivity contribution is 6.30. The Bertz CT molecular complexity index is 544. The molecule has 1 aliphatic carbocycles. The lowest BCUT2D eigenvalue weighted by atomic mass is 9.78. The summed E-state index contributed by atoms with van der Waals surface area (Å²) in [5.74, 6) is 0.983. The minimum Gasteiger partial charge on any atom is -0.353 e. The monoisotopic (exact) mass is 336 g/mol. The van der Waals surface area contributed by atoms with Crippen LogP contribution in [0.3, 0.4) is 0 Å². The number of hydrogen-bond donors (Lipinski definition) is 2. The molecule has 1 saturated carbocycles. The number of benzene rings is 1. The molecule has 1 aromatic rings. The minimum absolute atomic E-state index is 0.00681. The Morgan fingerprint density at radius 3 is 2.57 bits per heavy atom.